The Bertz CT molecular complexity index is 522. The van der Waals surface area contributed by atoms with Crippen molar-refractivity contribution < 1.29 is 9.53 Å². The molecule has 0 N–H and O–H groups in total. The molecule has 0 aliphatic heterocycles. The SMILES string of the molecule is CC(Oc1cccc(Cl)c1)C(=O)Cc1cccs1. The molecule has 0 bridgehead atoms. The summed E-state index contributed by atoms with van der Waals surface area (Å²) in [6.07, 6.45) is -0.0510. The number of hydrogen-bond donors (Lipinski definition) is 0. The zero-order chi connectivity index (χ0) is 13.0. The highest BCUT2D eigenvalue weighted by Gasteiger charge is 2.15. The van der Waals surface area contributed by atoms with E-state index in [4.69, 9.17) is 16.3 Å². The minimum atomic E-state index is -0.467. The van der Waals surface area contributed by atoms with Gasteiger partial charge >= 0.3 is 0 Å². The van der Waals surface area contributed by atoms with Crippen LogP contribution in [-0.4, -0.2) is 11.9 Å². The quantitative estimate of drug-likeness (QED) is 0.828. The minimum absolute atomic E-state index is 0.0671. The van der Waals surface area contributed by atoms with Gasteiger partial charge in [-0.2, -0.15) is 0 Å². The zero-order valence-corrected chi connectivity index (χ0v) is 11.5. The van der Waals surface area contributed by atoms with Crippen molar-refractivity contribution in [2.24, 2.45) is 0 Å². The molecule has 0 saturated heterocycles. The van der Waals surface area contributed by atoms with Crippen molar-refractivity contribution in [3.05, 3.63) is 51.7 Å². The molecular formula is C14H13ClO2S. The van der Waals surface area contributed by atoms with E-state index >= 15 is 0 Å². The van der Waals surface area contributed by atoms with Crippen LogP contribution in [0.5, 0.6) is 5.75 Å². The third kappa shape index (κ3) is 3.59. The van der Waals surface area contributed by atoms with Crippen molar-refractivity contribution in [3.63, 3.8) is 0 Å². The molecule has 0 amide bonds. The van der Waals surface area contributed by atoms with E-state index in [2.05, 4.69) is 0 Å². The molecule has 1 aromatic carbocycles. The molecule has 1 aromatic heterocycles. The van der Waals surface area contributed by atoms with Crippen molar-refractivity contribution in [1.82, 2.24) is 0 Å². The average molecular weight is 281 g/mol. The lowest BCUT2D eigenvalue weighted by molar-refractivity contribution is -0.124. The lowest BCUT2D eigenvalue weighted by Crippen LogP contribution is -2.25. The van der Waals surface area contributed by atoms with Crippen LogP contribution in [0.4, 0.5) is 0 Å². The molecule has 0 aliphatic carbocycles. The Balaban J connectivity index is 1.95. The van der Waals surface area contributed by atoms with Gasteiger partial charge in [0.2, 0.25) is 0 Å². The summed E-state index contributed by atoms with van der Waals surface area (Å²) in [7, 11) is 0. The summed E-state index contributed by atoms with van der Waals surface area (Å²) in [6.45, 7) is 1.76. The summed E-state index contributed by atoms with van der Waals surface area (Å²) in [4.78, 5) is 13.0. The first-order valence-corrected chi connectivity index (χ1v) is 6.88. The second-order valence-corrected chi connectivity index (χ2v) is 5.41. The number of benzene rings is 1. The third-order valence-electron chi connectivity index (χ3n) is 2.49. The molecule has 2 rings (SSSR count). The number of rotatable bonds is 5. The van der Waals surface area contributed by atoms with Crippen molar-refractivity contribution in [1.29, 1.82) is 0 Å². The van der Waals surface area contributed by atoms with Gasteiger partial charge < -0.3 is 4.74 Å². The van der Waals surface area contributed by atoms with Crippen LogP contribution in [0.2, 0.25) is 5.02 Å². The number of carbonyl (C=O) groups excluding carboxylic acids is 1. The molecule has 1 unspecified atom stereocenters. The highest BCUT2D eigenvalue weighted by Crippen LogP contribution is 2.19. The predicted molar refractivity (Wildman–Crippen MR) is 74.6 cm³/mol. The Morgan fingerprint density at radius 3 is 2.89 bits per heavy atom. The number of hydrogen-bond acceptors (Lipinski definition) is 3. The van der Waals surface area contributed by atoms with Crippen LogP contribution in [-0.2, 0) is 11.2 Å². The van der Waals surface area contributed by atoms with Gasteiger partial charge in [-0.15, -0.1) is 11.3 Å². The number of ketones is 1. The Hall–Kier alpha value is -1.32. The molecule has 4 heteroatoms. The maximum Gasteiger partial charge on any atom is 0.178 e. The average Bonchev–Trinajstić information content (AvgIpc) is 2.81. The minimum Gasteiger partial charge on any atom is -0.483 e. The fraction of sp³-hybridized carbons (Fsp3) is 0.214. The molecule has 0 fully saturated rings. The van der Waals surface area contributed by atoms with Crippen molar-refractivity contribution in [2.45, 2.75) is 19.4 Å². The van der Waals surface area contributed by atoms with Gasteiger partial charge in [0.1, 0.15) is 5.75 Å². The summed E-state index contributed by atoms with van der Waals surface area (Å²) in [5, 5.41) is 2.57. The van der Waals surface area contributed by atoms with Crippen LogP contribution >= 0.6 is 22.9 Å². The van der Waals surface area contributed by atoms with Gasteiger partial charge in [-0.1, -0.05) is 23.7 Å². The van der Waals surface area contributed by atoms with E-state index in [1.165, 1.54) is 0 Å². The molecule has 1 heterocycles. The second kappa shape index (κ2) is 6.03. The smallest absolute Gasteiger partial charge is 0.178 e. The van der Waals surface area contributed by atoms with E-state index in [1.807, 2.05) is 17.5 Å². The summed E-state index contributed by atoms with van der Waals surface area (Å²) in [5.74, 6) is 0.687. The summed E-state index contributed by atoms with van der Waals surface area (Å²) >= 11 is 7.44. The number of Topliss-reactive ketones (excluding diaryl/α,β-unsaturated/α-hetero) is 1. The molecule has 0 aliphatic rings. The summed E-state index contributed by atoms with van der Waals surface area (Å²) in [5.41, 5.74) is 0. The van der Waals surface area contributed by atoms with Gasteiger partial charge in [-0.05, 0) is 36.6 Å². The monoisotopic (exact) mass is 280 g/mol. The van der Waals surface area contributed by atoms with Crippen LogP contribution in [0, 0.1) is 0 Å². The molecule has 0 radical (unpaired) electrons. The fourth-order valence-corrected chi connectivity index (χ4v) is 2.43. The molecule has 1 atom stereocenters. The van der Waals surface area contributed by atoms with E-state index in [1.54, 1.807) is 42.5 Å². The van der Waals surface area contributed by atoms with E-state index < -0.39 is 6.10 Å². The Morgan fingerprint density at radius 2 is 2.22 bits per heavy atom. The van der Waals surface area contributed by atoms with Crippen molar-refractivity contribution in [3.8, 4) is 5.75 Å². The van der Waals surface area contributed by atoms with Crippen LogP contribution in [0.3, 0.4) is 0 Å². The van der Waals surface area contributed by atoms with Gasteiger partial charge in [-0.3, -0.25) is 4.79 Å². The summed E-state index contributed by atoms with van der Waals surface area (Å²) < 4.78 is 5.58. The van der Waals surface area contributed by atoms with Crippen LogP contribution < -0.4 is 4.74 Å². The van der Waals surface area contributed by atoms with Crippen molar-refractivity contribution >= 4 is 28.7 Å². The molecule has 0 saturated carbocycles. The Labute approximate surface area is 115 Å². The van der Waals surface area contributed by atoms with Gasteiger partial charge in [0, 0.05) is 16.3 Å². The standard InChI is InChI=1S/C14H13ClO2S/c1-10(14(16)9-13-6-3-7-18-13)17-12-5-2-4-11(15)8-12/h2-8,10H,9H2,1H3. The first kappa shape index (κ1) is 13.1. The van der Waals surface area contributed by atoms with Crippen LogP contribution in [0.15, 0.2) is 41.8 Å². The maximum atomic E-state index is 11.9. The first-order valence-electron chi connectivity index (χ1n) is 5.62. The molecule has 2 aromatic rings. The highest BCUT2D eigenvalue weighted by atomic mass is 35.5. The number of halogens is 1. The maximum absolute atomic E-state index is 11.9. The largest absolute Gasteiger partial charge is 0.483 e. The van der Waals surface area contributed by atoms with E-state index in [0.717, 1.165) is 4.88 Å². The van der Waals surface area contributed by atoms with Crippen LogP contribution in [0.25, 0.3) is 0 Å². The lowest BCUT2D eigenvalue weighted by Gasteiger charge is -2.13. The lowest BCUT2D eigenvalue weighted by atomic mass is 10.1. The van der Waals surface area contributed by atoms with Crippen molar-refractivity contribution in [2.75, 3.05) is 0 Å². The number of ether oxygens (including phenoxy) is 1. The molecule has 94 valence electrons. The van der Waals surface area contributed by atoms with Gasteiger partial charge in [-0.25, -0.2) is 0 Å². The zero-order valence-electron chi connectivity index (χ0n) is 9.93. The first-order chi connectivity index (χ1) is 8.65. The van der Waals surface area contributed by atoms with Gasteiger partial charge in [0.05, 0.1) is 0 Å². The fourth-order valence-electron chi connectivity index (χ4n) is 1.54. The third-order valence-corrected chi connectivity index (χ3v) is 3.60. The Morgan fingerprint density at radius 1 is 1.39 bits per heavy atom. The van der Waals surface area contributed by atoms with E-state index in [0.29, 0.717) is 17.2 Å². The summed E-state index contributed by atoms with van der Waals surface area (Å²) in [6, 6.07) is 11.0. The molecular weight excluding hydrogens is 268 g/mol. The molecule has 18 heavy (non-hydrogen) atoms. The topological polar surface area (TPSA) is 26.3 Å². The van der Waals surface area contributed by atoms with E-state index in [-0.39, 0.29) is 5.78 Å². The van der Waals surface area contributed by atoms with Gasteiger partial charge in [0.15, 0.2) is 11.9 Å². The number of thiophene rings is 1. The Kier molecular flexibility index (Phi) is 4.39. The van der Waals surface area contributed by atoms with Gasteiger partial charge in [0.25, 0.3) is 0 Å². The normalized spacial score (nSPS) is 12.1. The molecule has 0 spiro atoms. The van der Waals surface area contributed by atoms with E-state index in [9.17, 15) is 4.79 Å². The predicted octanol–water partition coefficient (Wildman–Crippen LogP) is 3.98. The molecule has 2 nitrogen and oxygen atoms in total. The second-order valence-electron chi connectivity index (χ2n) is 3.94. The van der Waals surface area contributed by atoms with Crippen LogP contribution in [0.1, 0.15) is 11.8 Å². The highest BCUT2D eigenvalue weighted by molar-refractivity contribution is 7.10. The number of carbonyl (C=O) groups is 1.